The van der Waals surface area contributed by atoms with Crippen LogP contribution in [0.4, 0.5) is 4.39 Å². The molecule has 0 spiro atoms. The van der Waals surface area contributed by atoms with Gasteiger partial charge in [-0.1, -0.05) is 6.08 Å². The molecular weight excluding hydrogens is 289 g/mol. The van der Waals surface area contributed by atoms with Gasteiger partial charge in [-0.25, -0.2) is 9.18 Å². The fourth-order valence-electron chi connectivity index (χ4n) is 2.15. The van der Waals surface area contributed by atoms with E-state index in [0.717, 1.165) is 12.1 Å². The molecule has 0 saturated heterocycles. The highest BCUT2D eigenvalue weighted by atomic mass is 19.1. The van der Waals surface area contributed by atoms with Gasteiger partial charge in [0.2, 0.25) is 0 Å². The first kappa shape index (κ1) is 15.9. The molecule has 6 heteroatoms. The van der Waals surface area contributed by atoms with Crippen LogP contribution in [-0.2, 0) is 9.53 Å². The molecule has 0 radical (unpaired) electrons. The van der Waals surface area contributed by atoms with Crippen molar-refractivity contribution in [3.05, 3.63) is 59.1 Å². The zero-order valence-electron chi connectivity index (χ0n) is 12.2. The number of methoxy groups -OCH3 is 1. The lowest BCUT2D eigenvalue weighted by Gasteiger charge is -2.30. The summed E-state index contributed by atoms with van der Waals surface area (Å²) in [5, 5.41) is 12.9. The summed E-state index contributed by atoms with van der Waals surface area (Å²) in [5.41, 5.74) is -1.05. The van der Waals surface area contributed by atoms with Crippen LogP contribution in [0.2, 0.25) is 0 Å². The summed E-state index contributed by atoms with van der Waals surface area (Å²) in [6.07, 6.45) is 3.36. The lowest BCUT2D eigenvalue weighted by molar-refractivity contribution is -0.136. The highest BCUT2D eigenvalue weighted by Gasteiger charge is 2.34. The van der Waals surface area contributed by atoms with Crippen LogP contribution in [0.5, 0.6) is 0 Å². The van der Waals surface area contributed by atoms with E-state index in [1.165, 1.54) is 32.2 Å². The predicted molar refractivity (Wildman–Crippen MR) is 77.3 cm³/mol. The lowest BCUT2D eigenvalue weighted by atomic mass is 9.89. The van der Waals surface area contributed by atoms with Gasteiger partial charge >= 0.3 is 5.97 Å². The Balaban J connectivity index is 2.35. The average Bonchev–Trinajstić information content (AvgIpc) is 2.48. The summed E-state index contributed by atoms with van der Waals surface area (Å²) in [4.78, 5) is 24.0. The van der Waals surface area contributed by atoms with Crippen molar-refractivity contribution in [1.29, 1.82) is 0 Å². The van der Waals surface area contributed by atoms with Crippen molar-refractivity contribution < 1.29 is 23.8 Å². The predicted octanol–water partition coefficient (Wildman–Crippen LogP) is 1.69. The van der Waals surface area contributed by atoms with E-state index in [1.54, 1.807) is 6.08 Å². The summed E-state index contributed by atoms with van der Waals surface area (Å²) >= 11 is 0. The monoisotopic (exact) mass is 305 g/mol. The zero-order valence-corrected chi connectivity index (χ0v) is 12.2. The second-order valence-electron chi connectivity index (χ2n) is 5.12. The Hall–Kier alpha value is -2.47. The largest absolute Gasteiger partial charge is 0.465 e. The van der Waals surface area contributed by atoms with Crippen molar-refractivity contribution in [3.8, 4) is 0 Å². The number of halogens is 1. The Morgan fingerprint density at radius 2 is 1.95 bits per heavy atom. The Kier molecular flexibility index (Phi) is 4.42. The number of benzene rings is 1. The van der Waals surface area contributed by atoms with Crippen LogP contribution in [-0.4, -0.2) is 29.7 Å². The van der Waals surface area contributed by atoms with E-state index in [4.69, 9.17) is 0 Å². The van der Waals surface area contributed by atoms with E-state index >= 15 is 0 Å². The average molecular weight is 305 g/mol. The minimum absolute atomic E-state index is 0.0659. The Morgan fingerprint density at radius 1 is 1.32 bits per heavy atom. The smallest absolute Gasteiger partial charge is 0.339 e. The molecule has 1 amide bonds. The maximum absolute atomic E-state index is 12.9. The number of hydrogen-bond donors (Lipinski definition) is 2. The summed E-state index contributed by atoms with van der Waals surface area (Å²) in [5.74, 6) is -1.67. The molecule has 1 unspecified atom stereocenters. The molecule has 5 nitrogen and oxygen atoms in total. The molecule has 0 fully saturated rings. The van der Waals surface area contributed by atoms with Gasteiger partial charge in [-0.3, -0.25) is 4.79 Å². The fourth-order valence-corrected chi connectivity index (χ4v) is 2.15. The molecular formula is C16H16FNO4. The lowest BCUT2D eigenvalue weighted by Crippen LogP contribution is -2.41. The molecule has 1 aliphatic rings. The third-order valence-electron chi connectivity index (χ3n) is 3.36. The summed E-state index contributed by atoms with van der Waals surface area (Å²) in [6, 6.07) is 4.94. The van der Waals surface area contributed by atoms with E-state index < -0.39 is 23.3 Å². The van der Waals surface area contributed by atoms with Gasteiger partial charge in [0, 0.05) is 5.56 Å². The third-order valence-corrected chi connectivity index (χ3v) is 3.36. The maximum atomic E-state index is 12.9. The van der Waals surface area contributed by atoms with Gasteiger partial charge in [-0.15, -0.1) is 0 Å². The molecule has 0 bridgehead atoms. The summed E-state index contributed by atoms with van der Waals surface area (Å²) in [6.45, 7) is 1.49. The highest BCUT2D eigenvalue weighted by molar-refractivity contribution is 5.98. The van der Waals surface area contributed by atoms with E-state index in [1.807, 2.05) is 0 Å². The third kappa shape index (κ3) is 3.23. The van der Waals surface area contributed by atoms with Crippen molar-refractivity contribution in [2.24, 2.45) is 0 Å². The van der Waals surface area contributed by atoms with Gasteiger partial charge in [0.1, 0.15) is 11.4 Å². The molecule has 1 aromatic rings. The van der Waals surface area contributed by atoms with Gasteiger partial charge in [0.25, 0.3) is 5.91 Å². The Bertz CT molecular complexity index is 659. The zero-order chi connectivity index (χ0) is 16.3. The van der Waals surface area contributed by atoms with Gasteiger partial charge in [0.15, 0.2) is 0 Å². The van der Waals surface area contributed by atoms with Crippen molar-refractivity contribution in [1.82, 2.24) is 5.32 Å². The van der Waals surface area contributed by atoms with Crippen LogP contribution in [0.3, 0.4) is 0 Å². The van der Waals surface area contributed by atoms with E-state index in [0.29, 0.717) is 0 Å². The minimum atomic E-state index is -1.41. The number of hydrogen-bond acceptors (Lipinski definition) is 4. The van der Waals surface area contributed by atoms with Crippen molar-refractivity contribution >= 4 is 11.9 Å². The van der Waals surface area contributed by atoms with Crippen molar-refractivity contribution in [3.63, 3.8) is 0 Å². The van der Waals surface area contributed by atoms with Crippen LogP contribution in [0.15, 0.2) is 47.7 Å². The topological polar surface area (TPSA) is 75.6 Å². The van der Waals surface area contributed by atoms with Crippen LogP contribution in [0, 0.1) is 5.82 Å². The van der Waals surface area contributed by atoms with Crippen LogP contribution in [0.1, 0.15) is 23.7 Å². The van der Waals surface area contributed by atoms with Crippen LogP contribution in [0.25, 0.3) is 0 Å². The highest BCUT2D eigenvalue weighted by Crippen LogP contribution is 2.28. The molecule has 2 rings (SSSR count). The minimum Gasteiger partial charge on any atom is -0.465 e. The molecule has 1 aromatic carbocycles. The SMILES string of the molecule is COC(=O)C1=C(NC(=O)c2ccc(F)cc2)C(C)(O)CC=C1. The molecule has 0 aliphatic heterocycles. The van der Waals surface area contributed by atoms with Crippen LogP contribution >= 0.6 is 0 Å². The molecule has 2 N–H and O–H groups in total. The Labute approximate surface area is 127 Å². The van der Waals surface area contributed by atoms with Crippen molar-refractivity contribution in [2.45, 2.75) is 18.9 Å². The molecule has 1 atom stereocenters. The number of esters is 1. The summed E-state index contributed by atoms with van der Waals surface area (Å²) in [7, 11) is 1.21. The maximum Gasteiger partial charge on any atom is 0.339 e. The molecule has 0 aromatic heterocycles. The first-order chi connectivity index (χ1) is 10.3. The van der Waals surface area contributed by atoms with E-state index in [-0.39, 0.29) is 23.3 Å². The number of carbonyl (C=O) groups is 2. The number of carbonyl (C=O) groups excluding carboxylic acids is 2. The molecule has 0 saturated carbocycles. The van der Waals surface area contributed by atoms with E-state index in [2.05, 4.69) is 10.1 Å². The van der Waals surface area contributed by atoms with Crippen LogP contribution < -0.4 is 5.32 Å². The number of aliphatic hydroxyl groups is 1. The van der Waals surface area contributed by atoms with Gasteiger partial charge in [-0.2, -0.15) is 0 Å². The number of ether oxygens (including phenoxy) is 1. The van der Waals surface area contributed by atoms with E-state index in [9.17, 15) is 19.1 Å². The normalized spacial score (nSPS) is 20.7. The number of nitrogens with one attached hydrogen (secondary N) is 1. The first-order valence-corrected chi connectivity index (χ1v) is 6.64. The summed E-state index contributed by atoms with van der Waals surface area (Å²) < 4.78 is 17.6. The molecule has 1 aliphatic carbocycles. The Morgan fingerprint density at radius 3 is 2.55 bits per heavy atom. The van der Waals surface area contributed by atoms with Gasteiger partial charge in [-0.05, 0) is 43.7 Å². The first-order valence-electron chi connectivity index (χ1n) is 6.64. The standard InChI is InChI=1S/C16H16FNO4/c1-16(21)9-3-4-12(15(20)22-2)13(16)18-14(19)10-5-7-11(17)8-6-10/h3-8,21H,9H2,1-2H3,(H,18,19). The molecule has 0 heterocycles. The number of amides is 1. The second-order valence-corrected chi connectivity index (χ2v) is 5.12. The molecule has 116 valence electrons. The van der Waals surface area contributed by atoms with Gasteiger partial charge in [0.05, 0.1) is 18.4 Å². The fraction of sp³-hybridized carbons (Fsp3) is 0.250. The van der Waals surface area contributed by atoms with Crippen molar-refractivity contribution in [2.75, 3.05) is 7.11 Å². The molecule has 22 heavy (non-hydrogen) atoms. The second kappa shape index (κ2) is 6.11. The quantitative estimate of drug-likeness (QED) is 0.833. The van der Waals surface area contributed by atoms with Gasteiger partial charge < -0.3 is 15.2 Å². The number of rotatable bonds is 3.